The lowest BCUT2D eigenvalue weighted by Gasteiger charge is -2.14. The van der Waals surface area contributed by atoms with E-state index < -0.39 is 0 Å². The van der Waals surface area contributed by atoms with Crippen LogP contribution in [-0.4, -0.2) is 54.2 Å². The SMILES string of the molecule is CNc1ccc(C(=O)NCCN2CCCC2)nn1. The summed E-state index contributed by atoms with van der Waals surface area (Å²) in [5.74, 6) is 0.493. The molecule has 0 atom stereocenters. The van der Waals surface area contributed by atoms with E-state index in [1.54, 1.807) is 19.2 Å². The quantitative estimate of drug-likeness (QED) is 0.787. The van der Waals surface area contributed by atoms with Crippen molar-refractivity contribution in [1.82, 2.24) is 20.4 Å². The number of nitrogens with one attached hydrogen (secondary N) is 2. The average Bonchev–Trinajstić information content (AvgIpc) is 2.92. The topological polar surface area (TPSA) is 70.2 Å². The van der Waals surface area contributed by atoms with E-state index >= 15 is 0 Å². The van der Waals surface area contributed by atoms with Crippen molar-refractivity contribution < 1.29 is 4.79 Å². The summed E-state index contributed by atoms with van der Waals surface area (Å²) in [5.41, 5.74) is 0.357. The molecule has 98 valence electrons. The van der Waals surface area contributed by atoms with Crippen LogP contribution in [0.1, 0.15) is 23.3 Å². The van der Waals surface area contributed by atoms with Gasteiger partial charge in [0.2, 0.25) is 0 Å². The van der Waals surface area contributed by atoms with Gasteiger partial charge in [-0.25, -0.2) is 0 Å². The van der Waals surface area contributed by atoms with Crippen LogP contribution in [0, 0.1) is 0 Å². The van der Waals surface area contributed by atoms with Gasteiger partial charge in [0.25, 0.3) is 5.91 Å². The second-order valence-corrected chi connectivity index (χ2v) is 4.36. The number of nitrogens with zero attached hydrogens (tertiary/aromatic N) is 3. The summed E-state index contributed by atoms with van der Waals surface area (Å²) in [6.07, 6.45) is 2.54. The lowest BCUT2D eigenvalue weighted by Crippen LogP contribution is -2.33. The summed E-state index contributed by atoms with van der Waals surface area (Å²) in [6, 6.07) is 3.41. The van der Waals surface area contributed by atoms with E-state index in [0.717, 1.165) is 19.6 Å². The van der Waals surface area contributed by atoms with Crippen LogP contribution in [0.25, 0.3) is 0 Å². The van der Waals surface area contributed by atoms with Gasteiger partial charge in [0.05, 0.1) is 0 Å². The fourth-order valence-corrected chi connectivity index (χ4v) is 2.01. The fraction of sp³-hybridized carbons (Fsp3) is 0.583. The number of amides is 1. The molecule has 2 heterocycles. The Labute approximate surface area is 107 Å². The zero-order chi connectivity index (χ0) is 12.8. The minimum Gasteiger partial charge on any atom is -0.372 e. The van der Waals surface area contributed by atoms with Crippen molar-refractivity contribution >= 4 is 11.7 Å². The van der Waals surface area contributed by atoms with Gasteiger partial charge in [0.15, 0.2) is 5.69 Å². The Bertz CT molecular complexity index is 386. The Kier molecular flexibility index (Phi) is 4.46. The first-order valence-corrected chi connectivity index (χ1v) is 6.31. The molecule has 0 saturated carbocycles. The maximum Gasteiger partial charge on any atom is 0.271 e. The van der Waals surface area contributed by atoms with Gasteiger partial charge in [0, 0.05) is 20.1 Å². The summed E-state index contributed by atoms with van der Waals surface area (Å²) < 4.78 is 0. The van der Waals surface area contributed by atoms with E-state index in [0.29, 0.717) is 18.1 Å². The van der Waals surface area contributed by atoms with Crippen LogP contribution in [0.2, 0.25) is 0 Å². The molecule has 1 saturated heterocycles. The van der Waals surface area contributed by atoms with Crippen LogP contribution in [0.15, 0.2) is 12.1 Å². The molecule has 0 aliphatic carbocycles. The second-order valence-electron chi connectivity index (χ2n) is 4.36. The number of carbonyl (C=O) groups excluding carboxylic acids is 1. The van der Waals surface area contributed by atoms with Gasteiger partial charge in [-0.15, -0.1) is 10.2 Å². The first kappa shape index (κ1) is 12.8. The second kappa shape index (κ2) is 6.30. The minimum absolute atomic E-state index is 0.163. The predicted molar refractivity (Wildman–Crippen MR) is 69.6 cm³/mol. The maximum absolute atomic E-state index is 11.8. The molecule has 18 heavy (non-hydrogen) atoms. The molecule has 1 aliphatic heterocycles. The number of carbonyl (C=O) groups is 1. The van der Waals surface area contributed by atoms with Gasteiger partial charge in [-0.3, -0.25) is 4.79 Å². The number of likely N-dealkylation sites (tertiary alicyclic amines) is 1. The summed E-state index contributed by atoms with van der Waals surface area (Å²) in [5, 5.41) is 13.5. The molecule has 0 spiro atoms. The summed E-state index contributed by atoms with van der Waals surface area (Å²) in [4.78, 5) is 14.1. The number of anilines is 1. The van der Waals surface area contributed by atoms with Crippen molar-refractivity contribution in [3.05, 3.63) is 17.8 Å². The zero-order valence-electron chi connectivity index (χ0n) is 10.6. The average molecular weight is 249 g/mol. The summed E-state index contributed by atoms with van der Waals surface area (Å²) >= 11 is 0. The minimum atomic E-state index is -0.163. The molecule has 2 rings (SSSR count). The third-order valence-electron chi connectivity index (χ3n) is 3.07. The summed E-state index contributed by atoms with van der Waals surface area (Å²) in [6.45, 7) is 3.86. The number of hydrogen-bond donors (Lipinski definition) is 2. The van der Waals surface area contributed by atoms with Crippen LogP contribution >= 0.6 is 0 Å². The normalized spacial score (nSPS) is 15.6. The molecule has 2 N–H and O–H groups in total. The van der Waals surface area contributed by atoms with Gasteiger partial charge in [-0.05, 0) is 38.1 Å². The van der Waals surface area contributed by atoms with Crippen molar-refractivity contribution in [2.75, 3.05) is 38.5 Å². The van der Waals surface area contributed by atoms with Crippen LogP contribution in [0.5, 0.6) is 0 Å². The Balaban J connectivity index is 1.76. The van der Waals surface area contributed by atoms with Gasteiger partial charge >= 0.3 is 0 Å². The van der Waals surface area contributed by atoms with E-state index in [1.165, 1.54) is 12.8 Å². The highest BCUT2D eigenvalue weighted by atomic mass is 16.1. The number of aromatic nitrogens is 2. The predicted octanol–water partition coefficient (Wildman–Crippen LogP) is 0.344. The molecular weight excluding hydrogens is 230 g/mol. The Morgan fingerprint density at radius 3 is 2.72 bits per heavy atom. The highest BCUT2D eigenvalue weighted by Gasteiger charge is 2.12. The fourth-order valence-electron chi connectivity index (χ4n) is 2.01. The van der Waals surface area contributed by atoms with Gasteiger partial charge in [-0.2, -0.15) is 0 Å². The molecule has 0 aromatic carbocycles. The number of hydrogen-bond acceptors (Lipinski definition) is 5. The van der Waals surface area contributed by atoms with E-state index in [-0.39, 0.29) is 5.91 Å². The van der Waals surface area contributed by atoms with Crippen molar-refractivity contribution in [2.24, 2.45) is 0 Å². The van der Waals surface area contributed by atoms with E-state index in [4.69, 9.17) is 0 Å². The van der Waals surface area contributed by atoms with E-state index in [2.05, 4.69) is 25.7 Å². The monoisotopic (exact) mass is 249 g/mol. The molecule has 1 aromatic rings. The first-order chi connectivity index (χ1) is 8.79. The Morgan fingerprint density at radius 2 is 2.11 bits per heavy atom. The van der Waals surface area contributed by atoms with Crippen LogP contribution in [0.4, 0.5) is 5.82 Å². The first-order valence-electron chi connectivity index (χ1n) is 6.31. The Morgan fingerprint density at radius 1 is 1.33 bits per heavy atom. The molecule has 1 aliphatic rings. The van der Waals surface area contributed by atoms with Crippen molar-refractivity contribution in [1.29, 1.82) is 0 Å². The van der Waals surface area contributed by atoms with Crippen molar-refractivity contribution in [3.8, 4) is 0 Å². The molecule has 6 nitrogen and oxygen atoms in total. The molecule has 1 amide bonds. The molecule has 1 aromatic heterocycles. The molecule has 6 heteroatoms. The highest BCUT2D eigenvalue weighted by Crippen LogP contribution is 2.05. The van der Waals surface area contributed by atoms with E-state index in [1.807, 2.05) is 0 Å². The highest BCUT2D eigenvalue weighted by molar-refractivity contribution is 5.92. The maximum atomic E-state index is 11.8. The molecule has 0 bridgehead atoms. The molecule has 0 unspecified atom stereocenters. The lowest BCUT2D eigenvalue weighted by molar-refractivity contribution is 0.0944. The van der Waals surface area contributed by atoms with Gasteiger partial charge < -0.3 is 15.5 Å². The lowest BCUT2D eigenvalue weighted by atomic mass is 10.3. The summed E-state index contributed by atoms with van der Waals surface area (Å²) in [7, 11) is 1.76. The molecular formula is C12H19N5O. The van der Waals surface area contributed by atoms with Crippen molar-refractivity contribution in [2.45, 2.75) is 12.8 Å². The third kappa shape index (κ3) is 3.40. The molecule has 1 fully saturated rings. The van der Waals surface area contributed by atoms with E-state index in [9.17, 15) is 4.79 Å². The number of rotatable bonds is 5. The standard InChI is InChI=1S/C12H19N5O/c1-13-11-5-4-10(15-16-11)12(18)14-6-9-17-7-2-3-8-17/h4-5H,2-3,6-9H2,1H3,(H,13,16)(H,14,18). The van der Waals surface area contributed by atoms with Crippen LogP contribution in [-0.2, 0) is 0 Å². The molecule has 0 radical (unpaired) electrons. The third-order valence-corrected chi connectivity index (χ3v) is 3.07. The largest absolute Gasteiger partial charge is 0.372 e. The van der Waals surface area contributed by atoms with Crippen LogP contribution in [0.3, 0.4) is 0 Å². The smallest absolute Gasteiger partial charge is 0.271 e. The van der Waals surface area contributed by atoms with Gasteiger partial charge in [0.1, 0.15) is 5.82 Å². The Hall–Kier alpha value is -1.69. The van der Waals surface area contributed by atoms with Gasteiger partial charge in [-0.1, -0.05) is 0 Å². The zero-order valence-corrected chi connectivity index (χ0v) is 10.6. The van der Waals surface area contributed by atoms with Crippen LogP contribution < -0.4 is 10.6 Å². The van der Waals surface area contributed by atoms with Crippen molar-refractivity contribution in [3.63, 3.8) is 0 Å².